The number of tetrazole rings is 1. The van der Waals surface area contributed by atoms with Gasteiger partial charge in [-0.1, -0.05) is 0 Å². The van der Waals surface area contributed by atoms with Crippen LogP contribution in [0.25, 0.3) is 0 Å². The number of nitrogens with zero attached hydrogens (tertiary/aromatic N) is 6. The fraction of sp³-hybridized carbons (Fsp3) is 0.375. The Labute approximate surface area is 91.0 Å². The van der Waals surface area contributed by atoms with E-state index in [4.69, 9.17) is 5.73 Å². The first-order chi connectivity index (χ1) is 7.58. The molecule has 0 fully saturated rings. The van der Waals surface area contributed by atoms with Crippen molar-refractivity contribution in [2.24, 2.45) is 14.1 Å². The number of nitrogen functional groups attached to an aromatic ring is 1. The predicted molar refractivity (Wildman–Crippen MR) is 54.5 cm³/mol. The van der Waals surface area contributed by atoms with Crippen LogP contribution in [0.5, 0.6) is 0 Å². The Bertz CT molecular complexity index is 526. The van der Waals surface area contributed by atoms with E-state index in [9.17, 15) is 4.79 Å². The van der Waals surface area contributed by atoms with Gasteiger partial charge in [0, 0.05) is 7.05 Å². The second-order valence-corrected chi connectivity index (χ2v) is 3.36. The van der Waals surface area contributed by atoms with Gasteiger partial charge < -0.3 is 5.73 Å². The van der Waals surface area contributed by atoms with Crippen molar-refractivity contribution in [2.75, 3.05) is 5.73 Å². The van der Waals surface area contributed by atoms with Crippen LogP contribution in [0.2, 0.25) is 0 Å². The average molecular weight is 221 g/mol. The highest BCUT2D eigenvalue weighted by Crippen LogP contribution is 2.11. The van der Waals surface area contributed by atoms with Gasteiger partial charge in [0.05, 0.1) is 25.2 Å². The van der Waals surface area contributed by atoms with Gasteiger partial charge in [0.1, 0.15) is 5.82 Å². The Morgan fingerprint density at radius 2 is 2.25 bits per heavy atom. The largest absolute Gasteiger partial charge is 0.383 e. The van der Waals surface area contributed by atoms with Crippen molar-refractivity contribution < 1.29 is 4.79 Å². The molecular formula is C8H11N7O. The van der Waals surface area contributed by atoms with Crippen molar-refractivity contribution in [1.82, 2.24) is 30.0 Å². The summed E-state index contributed by atoms with van der Waals surface area (Å²) in [6.07, 6.45) is 1.51. The number of hydrogen-bond donors (Lipinski definition) is 1. The molecule has 0 aliphatic carbocycles. The van der Waals surface area contributed by atoms with Crippen LogP contribution < -0.4 is 5.73 Å². The quantitative estimate of drug-likeness (QED) is 0.663. The molecule has 0 aliphatic rings. The zero-order valence-electron chi connectivity index (χ0n) is 8.95. The molecule has 0 atom stereocenters. The maximum atomic E-state index is 11.8. The van der Waals surface area contributed by atoms with Crippen LogP contribution >= 0.6 is 0 Å². The summed E-state index contributed by atoms with van der Waals surface area (Å²) in [6.45, 7) is 0. The lowest BCUT2D eigenvalue weighted by atomic mass is 10.1. The standard InChI is InChI=1S/C8H11N7O/c1-14-8(9)5(4-10-14)6(16)3-7-11-13-15(2)12-7/h4H,3,9H2,1-2H3. The average Bonchev–Trinajstić information content (AvgIpc) is 2.76. The van der Waals surface area contributed by atoms with Gasteiger partial charge >= 0.3 is 0 Å². The monoisotopic (exact) mass is 221 g/mol. The lowest BCUT2D eigenvalue weighted by Gasteiger charge is -1.97. The molecule has 0 aromatic carbocycles. The molecule has 0 saturated carbocycles. The van der Waals surface area contributed by atoms with Gasteiger partial charge in [-0.15, -0.1) is 10.2 Å². The summed E-state index contributed by atoms with van der Waals surface area (Å²) < 4.78 is 1.44. The summed E-state index contributed by atoms with van der Waals surface area (Å²) in [6, 6.07) is 0. The highest BCUT2D eigenvalue weighted by molar-refractivity contribution is 6.00. The van der Waals surface area contributed by atoms with Gasteiger partial charge in [0.15, 0.2) is 11.6 Å². The number of aryl methyl sites for hydroxylation is 2. The van der Waals surface area contributed by atoms with Crippen molar-refractivity contribution >= 4 is 11.6 Å². The van der Waals surface area contributed by atoms with E-state index in [1.807, 2.05) is 0 Å². The molecule has 0 unspecified atom stereocenters. The number of anilines is 1. The van der Waals surface area contributed by atoms with E-state index >= 15 is 0 Å². The molecule has 0 amide bonds. The van der Waals surface area contributed by atoms with Crippen molar-refractivity contribution in [3.05, 3.63) is 17.6 Å². The Hall–Kier alpha value is -2.25. The number of carbonyl (C=O) groups is 1. The molecule has 0 spiro atoms. The van der Waals surface area contributed by atoms with Gasteiger partial charge in [0.2, 0.25) is 0 Å². The maximum Gasteiger partial charge on any atom is 0.182 e. The number of nitrogens with two attached hydrogens (primary N) is 1. The number of carbonyl (C=O) groups excluding carboxylic acids is 1. The molecule has 2 N–H and O–H groups in total. The van der Waals surface area contributed by atoms with Crippen molar-refractivity contribution in [1.29, 1.82) is 0 Å². The van der Waals surface area contributed by atoms with Gasteiger partial charge in [-0.2, -0.15) is 9.90 Å². The van der Waals surface area contributed by atoms with E-state index in [0.29, 0.717) is 17.2 Å². The third-order valence-electron chi connectivity index (χ3n) is 2.15. The number of Topliss-reactive ketones (excluding diaryl/α,β-unsaturated/α-hetero) is 1. The number of rotatable bonds is 3. The summed E-state index contributed by atoms with van der Waals surface area (Å²) in [7, 11) is 3.31. The summed E-state index contributed by atoms with van der Waals surface area (Å²) in [5, 5.41) is 15.2. The van der Waals surface area contributed by atoms with E-state index in [1.165, 1.54) is 15.7 Å². The predicted octanol–water partition coefficient (Wildman–Crippen LogP) is -1.05. The summed E-state index contributed by atoms with van der Waals surface area (Å²) in [5.74, 6) is 0.545. The summed E-state index contributed by atoms with van der Waals surface area (Å²) >= 11 is 0. The Kier molecular flexibility index (Phi) is 2.39. The van der Waals surface area contributed by atoms with Crippen LogP contribution in [0, 0.1) is 0 Å². The molecule has 0 aliphatic heterocycles. The van der Waals surface area contributed by atoms with Gasteiger partial charge in [0.25, 0.3) is 0 Å². The second kappa shape index (κ2) is 3.72. The molecule has 0 saturated heterocycles. The van der Waals surface area contributed by atoms with Crippen molar-refractivity contribution in [2.45, 2.75) is 6.42 Å². The minimum Gasteiger partial charge on any atom is -0.383 e. The summed E-state index contributed by atoms with van der Waals surface area (Å²) in [4.78, 5) is 13.1. The van der Waals surface area contributed by atoms with Gasteiger partial charge in [-0.25, -0.2) is 0 Å². The fourth-order valence-electron chi connectivity index (χ4n) is 1.29. The number of aromatic nitrogens is 6. The topological polar surface area (TPSA) is 105 Å². The normalized spacial score (nSPS) is 10.6. The highest BCUT2D eigenvalue weighted by Gasteiger charge is 2.16. The van der Waals surface area contributed by atoms with Crippen molar-refractivity contribution in [3.63, 3.8) is 0 Å². The minimum absolute atomic E-state index is 0.0731. The molecular weight excluding hydrogens is 210 g/mol. The van der Waals surface area contributed by atoms with Crippen LogP contribution in [-0.4, -0.2) is 35.8 Å². The molecule has 2 aromatic heterocycles. The summed E-state index contributed by atoms with van der Waals surface area (Å²) in [5.41, 5.74) is 6.06. The molecule has 2 heterocycles. The molecule has 8 nitrogen and oxygen atoms in total. The molecule has 2 rings (SSSR count). The van der Waals surface area contributed by atoms with Crippen LogP contribution in [0.15, 0.2) is 6.20 Å². The lowest BCUT2D eigenvalue weighted by Crippen LogP contribution is -2.08. The first-order valence-corrected chi connectivity index (χ1v) is 4.61. The first-order valence-electron chi connectivity index (χ1n) is 4.61. The molecule has 8 heteroatoms. The second-order valence-electron chi connectivity index (χ2n) is 3.36. The Morgan fingerprint density at radius 3 is 2.75 bits per heavy atom. The van der Waals surface area contributed by atoms with E-state index in [-0.39, 0.29) is 12.2 Å². The zero-order valence-corrected chi connectivity index (χ0v) is 8.95. The lowest BCUT2D eigenvalue weighted by molar-refractivity contribution is 0.0991. The zero-order chi connectivity index (χ0) is 11.7. The Morgan fingerprint density at radius 1 is 1.50 bits per heavy atom. The van der Waals surface area contributed by atoms with Crippen LogP contribution in [0.3, 0.4) is 0 Å². The third kappa shape index (κ3) is 1.76. The van der Waals surface area contributed by atoms with E-state index in [2.05, 4.69) is 20.5 Å². The highest BCUT2D eigenvalue weighted by atomic mass is 16.1. The molecule has 16 heavy (non-hydrogen) atoms. The fourth-order valence-corrected chi connectivity index (χ4v) is 1.29. The Balaban J connectivity index is 2.18. The van der Waals surface area contributed by atoms with E-state index < -0.39 is 0 Å². The van der Waals surface area contributed by atoms with Crippen LogP contribution in [-0.2, 0) is 20.5 Å². The molecule has 2 aromatic rings. The SMILES string of the molecule is Cn1nnc(CC(=O)c2cnn(C)c2N)n1. The molecule has 84 valence electrons. The first kappa shape index (κ1) is 10.3. The van der Waals surface area contributed by atoms with Crippen LogP contribution in [0.4, 0.5) is 5.82 Å². The number of hydrogen-bond acceptors (Lipinski definition) is 6. The molecule has 0 bridgehead atoms. The number of ketones is 1. The van der Waals surface area contributed by atoms with Crippen molar-refractivity contribution in [3.8, 4) is 0 Å². The maximum absolute atomic E-state index is 11.8. The van der Waals surface area contributed by atoms with Crippen LogP contribution in [0.1, 0.15) is 16.2 Å². The van der Waals surface area contributed by atoms with Gasteiger partial charge in [-0.3, -0.25) is 9.48 Å². The van der Waals surface area contributed by atoms with Gasteiger partial charge in [-0.05, 0) is 5.21 Å². The minimum atomic E-state index is -0.168. The van der Waals surface area contributed by atoms with E-state index in [0.717, 1.165) is 0 Å². The third-order valence-corrected chi connectivity index (χ3v) is 2.15. The van der Waals surface area contributed by atoms with E-state index in [1.54, 1.807) is 14.1 Å². The smallest absolute Gasteiger partial charge is 0.182 e. The molecule has 0 radical (unpaired) electrons.